The fraction of sp³-hybridized carbons (Fsp3) is 0.200. The third kappa shape index (κ3) is 3.23. The van der Waals surface area contributed by atoms with E-state index in [1.807, 2.05) is 0 Å². The van der Waals surface area contributed by atoms with Crippen LogP contribution in [-0.4, -0.2) is 23.9 Å². The molecule has 3 rings (SSSR count). The molecular formula is C20H20BrN. The lowest BCUT2D eigenvalue weighted by Crippen LogP contribution is -2.16. The molecule has 0 bridgehead atoms. The molecule has 0 aromatic heterocycles. The average Bonchev–Trinajstić information content (AvgIpc) is 2.72. The maximum atomic E-state index is 3.50. The Bertz CT molecular complexity index is 664. The van der Waals surface area contributed by atoms with E-state index in [0.717, 1.165) is 18.4 Å². The Kier molecular flexibility index (Phi) is 4.91. The smallest absolute Gasteiger partial charge is 0.0539 e. The van der Waals surface area contributed by atoms with Crippen molar-refractivity contribution in [3.8, 4) is 0 Å². The number of rotatable bonds is 4. The summed E-state index contributed by atoms with van der Waals surface area (Å²) in [6, 6.07) is 17.3. The minimum absolute atomic E-state index is 0.908. The molecule has 2 heteroatoms. The van der Waals surface area contributed by atoms with E-state index in [-0.39, 0.29) is 0 Å². The monoisotopic (exact) mass is 353 g/mol. The van der Waals surface area contributed by atoms with Crippen LogP contribution in [0.25, 0.3) is 17.7 Å². The molecule has 0 aliphatic heterocycles. The summed E-state index contributed by atoms with van der Waals surface area (Å²) < 4.78 is 0. The fourth-order valence-electron chi connectivity index (χ4n) is 2.81. The molecule has 0 atom stereocenters. The Morgan fingerprint density at radius 1 is 0.909 bits per heavy atom. The summed E-state index contributed by atoms with van der Waals surface area (Å²) in [7, 11) is 2.13. The minimum atomic E-state index is 0.908. The number of nitrogens with zero attached hydrogens (tertiary/aromatic N) is 1. The van der Waals surface area contributed by atoms with Gasteiger partial charge >= 0.3 is 0 Å². The largest absolute Gasteiger partial charge is 0.296 e. The van der Waals surface area contributed by atoms with Gasteiger partial charge in [-0.05, 0) is 41.3 Å². The summed E-state index contributed by atoms with van der Waals surface area (Å²) in [5, 5.41) is 0. The topological polar surface area (TPSA) is 3.24 Å². The summed E-state index contributed by atoms with van der Waals surface area (Å²) in [5.74, 6) is 0. The highest BCUT2D eigenvalue weighted by molar-refractivity contribution is 9.09. The second kappa shape index (κ2) is 7.08. The van der Waals surface area contributed by atoms with E-state index >= 15 is 0 Å². The molecule has 0 saturated carbocycles. The predicted octanol–water partition coefficient (Wildman–Crippen LogP) is 5.28. The highest BCUT2D eigenvalue weighted by Gasteiger charge is 2.13. The van der Waals surface area contributed by atoms with Gasteiger partial charge in [-0.15, -0.1) is 0 Å². The first kappa shape index (κ1) is 15.3. The van der Waals surface area contributed by atoms with Crippen LogP contribution in [-0.2, 0) is 0 Å². The molecule has 1 aliphatic carbocycles. The van der Waals surface area contributed by atoms with Crippen molar-refractivity contribution in [1.29, 1.82) is 0 Å². The first-order chi connectivity index (χ1) is 10.8. The van der Waals surface area contributed by atoms with E-state index in [9.17, 15) is 0 Å². The van der Waals surface area contributed by atoms with Crippen LogP contribution in [0, 0.1) is 0 Å². The van der Waals surface area contributed by atoms with Gasteiger partial charge < -0.3 is 0 Å². The highest BCUT2D eigenvalue weighted by Crippen LogP contribution is 2.33. The third-order valence-electron chi connectivity index (χ3n) is 4.01. The van der Waals surface area contributed by atoms with Gasteiger partial charge in [-0.2, -0.15) is 0 Å². The van der Waals surface area contributed by atoms with Crippen molar-refractivity contribution < 1.29 is 0 Å². The average molecular weight is 354 g/mol. The highest BCUT2D eigenvalue weighted by atomic mass is 79.9. The maximum absolute atomic E-state index is 3.50. The zero-order valence-corrected chi connectivity index (χ0v) is 14.4. The molecule has 0 saturated heterocycles. The van der Waals surface area contributed by atoms with Crippen LogP contribution in [0.5, 0.6) is 0 Å². The van der Waals surface area contributed by atoms with E-state index in [0.29, 0.717) is 0 Å². The van der Waals surface area contributed by atoms with Gasteiger partial charge in [0.15, 0.2) is 0 Å². The van der Waals surface area contributed by atoms with Crippen LogP contribution in [0.1, 0.15) is 28.7 Å². The molecular weight excluding hydrogens is 334 g/mol. The van der Waals surface area contributed by atoms with Gasteiger partial charge in [-0.25, -0.2) is 0 Å². The Balaban J connectivity index is 2.03. The molecule has 2 aromatic carbocycles. The molecule has 1 nitrogen and oxygen atoms in total. The molecule has 0 fully saturated rings. The molecule has 0 radical (unpaired) electrons. The standard InChI is InChI=1S/C20H20BrN/c1-22(15-21)14-6-11-20-18-9-4-2-7-16(18)12-13-17-8-3-5-10-19(17)20/h2-5,7-13H,6,14-15H2,1H3. The molecule has 0 unspecified atom stereocenters. The van der Waals surface area contributed by atoms with Crippen LogP contribution in [0.2, 0.25) is 0 Å². The molecule has 0 spiro atoms. The van der Waals surface area contributed by atoms with Crippen molar-refractivity contribution in [2.75, 3.05) is 19.0 Å². The van der Waals surface area contributed by atoms with E-state index in [1.165, 1.54) is 27.8 Å². The Labute approximate surface area is 141 Å². The van der Waals surface area contributed by atoms with Crippen molar-refractivity contribution in [2.24, 2.45) is 0 Å². The van der Waals surface area contributed by atoms with Crippen molar-refractivity contribution in [1.82, 2.24) is 4.90 Å². The van der Waals surface area contributed by atoms with Gasteiger partial charge in [0.2, 0.25) is 0 Å². The summed E-state index contributed by atoms with van der Waals surface area (Å²) in [6.45, 7) is 1.05. The van der Waals surface area contributed by atoms with Crippen LogP contribution < -0.4 is 0 Å². The molecule has 1 aliphatic rings. The number of alkyl halides is 1. The van der Waals surface area contributed by atoms with Gasteiger partial charge in [0.05, 0.1) is 5.45 Å². The zero-order valence-electron chi connectivity index (χ0n) is 12.8. The number of fused-ring (bicyclic) bond motifs is 2. The van der Waals surface area contributed by atoms with Gasteiger partial charge in [0.25, 0.3) is 0 Å². The van der Waals surface area contributed by atoms with Gasteiger partial charge in [-0.3, -0.25) is 4.90 Å². The van der Waals surface area contributed by atoms with Gasteiger partial charge in [0, 0.05) is 6.54 Å². The number of benzene rings is 2. The molecule has 0 amide bonds. The lowest BCUT2D eigenvalue weighted by molar-refractivity contribution is 0.405. The van der Waals surface area contributed by atoms with Gasteiger partial charge in [0.1, 0.15) is 0 Å². The van der Waals surface area contributed by atoms with Crippen molar-refractivity contribution in [2.45, 2.75) is 6.42 Å². The van der Waals surface area contributed by atoms with E-state index in [2.05, 4.69) is 94.6 Å². The zero-order chi connectivity index (χ0) is 15.4. The Morgan fingerprint density at radius 3 is 2.00 bits per heavy atom. The fourth-order valence-corrected chi connectivity index (χ4v) is 3.06. The second-order valence-electron chi connectivity index (χ2n) is 5.61. The predicted molar refractivity (Wildman–Crippen MR) is 99.9 cm³/mol. The molecule has 22 heavy (non-hydrogen) atoms. The quantitative estimate of drug-likeness (QED) is 0.455. The summed E-state index contributed by atoms with van der Waals surface area (Å²) >= 11 is 3.50. The third-order valence-corrected chi connectivity index (χ3v) is 4.86. The van der Waals surface area contributed by atoms with E-state index in [1.54, 1.807) is 0 Å². The number of halogens is 1. The summed E-state index contributed by atoms with van der Waals surface area (Å²) in [4.78, 5) is 2.27. The Morgan fingerprint density at radius 2 is 1.45 bits per heavy atom. The maximum Gasteiger partial charge on any atom is 0.0539 e. The second-order valence-corrected chi connectivity index (χ2v) is 6.12. The van der Waals surface area contributed by atoms with E-state index in [4.69, 9.17) is 0 Å². The Hall–Kier alpha value is -1.64. The lowest BCUT2D eigenvalue weighted by atomic mass is 9.93. The van der Waals surface area contributed by atoms with Crippen LogP contribution in [0.4, 0.5) is 0 Å². The van der Waals surface area contributed by atoms with Crippen LogP contribution in [0.15, 0.2) is 54.6 Å². The lowest BCUT2D eigenvalue weighted by Gasteiger charge is -2.14. The van der Waals surface area contributed by atoms with E-state index < -0.39 is 0 Å². The van der Waals surface area contributed by atoms with Gasteiger partial charge in [-0.1, -0.05) is 82.7 Å². The molecule has 112 valence electrons. The number of hydrogen-bond donors (Lipinski definition) is 0. The van der Waals surface area contributed by atoms with Crippen molar-refractivity contribution in [3.05, 3.63) is 76.9 Å². The van der Waals surface area contributed by atoms with Crippen LogP contribution >= 0.6 is 15.9 Å². The molecule has 0 heterocycles. The first-order valence-electron chi connectivity index (χ1n) is 7.61. The van der Waals surface area contributed by atoms with Crippen LogP contribution in [0.3, 0.4) is 0 Å². The first-order valence-corrected chi connectivity index (χ1v) is 8.73. The summed E-state index contributed by atoms with van der Waals surface area (Å²) in [6.07, 6.45) is 7.86. The molecule has 0 N–H and O–H groups in total. The number of hydrogen-bond acceptors (Lipinski definition) is 1. The molecule has 2 aromatic rings. The summed E-state index contributed by atoms with van der Waals surface area (Å²) in [5.41, 5.74) is 7.48. The van der Waals surface area contributed by atoms with Crippen molar-refractivity contribution >= 4 is 33.7 Å². The minimum Gasteiger partial charge on any atom is -0.296 e. The SMILES string of the molecule is CN(CBr)CCC=C1c2ccccc2C=Cc2ccccc21. The van der Waals surface area contributed by atoms with Crippen molar-refractivity contribution in [3.63, 3.8) is 0 Å². The normalized spacial score (nSPS) is 12.8.